The first-order valence-electron chi connectivity index (χ1n) is 9.23. The zero-order chi connectivity index (χ0) is 18.4. The molecule has 136 valence electrons. The molecule has 0 radical (unpaired) electrons. The number of benzene rings is 3. The summed E-state index contributed by atoms with van der Waals surface area (Å²) in [6.07, 6.45) is -0.342. The summed E-state index contributed by atoms with van der Waals surface area (Å²) in [4.78, 5) is 2.26. The van der Waals surface area contributed by atoms with Crippen molar-refractivity contribution in [1.82, 2.24) is 0 Å². The fourth-order valence-corrected chi connectivity index (χ4v) is 3.81. The van der Waals surface area contributed by atoms with E-state index in [0.717, 1.165) is 45.3 Å². The van der Waals surface area contributed by atoms with Crippen molar-refractivity contribution in [2.75, 3.05) is 18.1 Å². The van der Waals surface area contributed by atoms with Gasteiger partial charge in [0.2, 0.25) is 0 Å². The molecule has 0 aromatic heterocycles. The second-order valence-corrected chi connectivity index (χ2v) is 6.92. The first kappa shape index (κ1) is 16.4. The molecule has 3 aromatic rings. The largest absolute Gasteiger partial charge is 0.452 e. The second-order valence-electron chi connectivity index (χ2n) is 6.92. The maximum Gasteiger partial charge on any atom is 0.186 e. The Morgan fingerprint density at radius 3 is 1.89 bits per heavy atom. The molecule has 0 spiro atoms. The van der Waals surface area contributed by atoms with Crippen LogP contribution in [0.1, 0.15) is 23.0 Å². The average molecular weight is 359 g/mol. The fourth-order valence-electron chi connectivity index (χ4n) is 3.81. The van der Waals surface area contributed by atoms with Crippen LogP contribution in [-0.4, -0.2) is 13.2 Å². The van der Waals surface area contributed by atoms with Crippen LogP contribution in [0, 0.1) is 13.8 Å². The van der Waals surface area contributed by atoms with Gasteiger partial charge in [0.1, 0.15) is 0 Å². The smallest absolute Gasteiger partial charge is 0.186 e. The third-order valence-electron chi connectivity index (χ3n) is 5.12. The Labute approximate surface area is 158 Å². The van der Waals surface area contributed by atoms with Gasteiger partial charge in [0.15, 0.2) is 17.8 Å². The van der Waals surface area contributed by atoms with Gasteiger partial charge in [0.05, 0.1) is 30.3 Å². The van der Waals surface area contributed by atoms with Crippen molar-refractivity contribution in [3.8, 4) is 11.5 Å². The number of fused-ring (bicyclic) bond motifs is 2. The fraction of sp³-hybridized carbons (Fsp3) is 0.217. The summed E-state index contributed by atoms with van der Waals surface area (Å²) in [6.45, 7) is 5.39. The van der Waals surface area contributed by atoms with E-state index < -0.39 is 0 Å². The first-order valence-corrected chi connectivity index (χ1v) is 9.23. The van der Waals surface area contributed by atoms with Crippen LogP contribution in [-0.2, 0) is 9.47 Å². The molecule has 0 saturated carbocycles. The minimum atomic E-state index is -0.342. The Kier molecular flexibility index (Phi) is 3.88. The summed E-state index contributed by atoms with van der Waals surface area (Å²) in [5.41, 5.74) is 6.34. The lowest BCUT2D eigenvalue weighted by Gasteiger charge is -2.35. The highest BCUT2D eigenvalue weighted by Crippen LogP contribution is 2.53. The number of nitrogens with zero attached hydrogens (tertiary/aromatic N) is 1. The zero-order valence-electron chi connectivity index (χ0n) is 15.4. The molecule has 3 aromatic carbocycles. The van der Waals surface area contributed by atoms with Crippen molar-refractivity contribution >= 4 is 17.1 Å². The molecule has 4 nitrogen and oxygen atoms in total. The lowest BCUT2D eigenvalue weighted by molar-refractivity contribution is -0.0436. The molecule has 0 atom stereocenters. The van der Waals surface area contributed by atoms with Crippen molar-refractivity contribution in [2.24, 2.45) is 0 Å². The molecule has 2 heterocycles. The predicted octanol–water partition coefficient (Wildman–Crippen LogP) is 5.92. The van der Waals surface area contributed by atoms with Crippen LogP contribution in [0.3, 0.4) is 0 Å². The van der Waals surface area contributed by atoms with Gasteiger partial charge in [0, 0.05) is 5.56 Å². The first-order chi connectivity index (χ1) is 13.2. The quantitative estimate of drug-likeness (QED) is 0.444. The van der Waals surface area contributed by atoms with E-state index in [1.54, 1.807) is 0 Å². The summed E-state index contributed by atoms with van der Waals surface area (Å²) in [5.74, 6) is 1.78. The van der Waals surface area contributed by atoms with Gasteiger partial charge in [-0.2, -0.15) is 0 Å². The van der Waals surface area contributed by atoms with Crippen molar-refractivity contribution in [3.63, 3.8) is 0 Å². The number of hydrogen-bond donors (Lipinski definition) is 0. The van der Waals surface area contributed by atoms with Gasteiger partial charge >= 0.3 is 0 Å². The van der Waals surface area contributed by atoms with Crippen LogP contribution in [0.2, 0.25) is 0 Å². The Hall–Kier alpha value is -2.82. The molecule has 4 heteroatoms. The highest BCUT2D eigenvalue weighted by Gasteiger charge is 2.31. The van der Waals surface area contributed by atoms with Crippen LogP contribution >= 0.6 is 0 Å². The van der Waals surface area contributed by atoms with Crippen LogP contribution in [0.4, 0.5) is 17.1 Å². The third-order valence-corrected chi connectivity index (χ3v) is 5.12. The van der Waals surface area contributed by atoms with E-state index in [1.807, 2.05) is 12.1 Å². The maximum atomic E-state index is 6.35. The van der Waals surface area contributed by atoms with Crippen LogP contribution in [0.25, 0.3) is 0 Å². The Bertz CT molecular complexity index is 957. The molecule has 27 heavy (non-hydrogen) atoms. The third kappa shape index (κ3) is 2.60. The number of ether oxygens (including phenoxy) is 3. The lowest BCUT2D eigenvalue weighted by atomic mass is 10.0. The SMILES string of the molecule is Cc1cccc2c1Oc1c(C)cccc1N2c1ccccc1C1OCCO1. The molecule has 0 N–H and O–H groups in total. The van der Waals surface area contributed by atoms with E-state index in [2.05, 4.69) is 67.3 Å². The molecular weight excluding hydrogens is 338 g/mol. The standard InChI is InChI=1S/C23H21NO3/c1-15-7-5-11-19-21(15)27-22-16(2)8-6-12-20(22)24(19)18-10-4-3-9-17(18)23-25-13-14-26-23/h3-12,23H,13-14H2,1-2H3. The number of aryl methyl sites for hydroxylation is 2. The van der Waals surface area contributed by atoms with E-state index in [0.29, 0.717) is 13.2 Å². The van der Waals surface area contributed by atoms with Crippen LogP contribution in [0.15, 0.2) is 60.7 Å². The molecule has 2 aliphatic rings. The van der Waals surface area contributed by atoms with Gasteiger partial charge in [-0.1, -0.05) is 42.5 Å². The second kappa shape index (κ2) is 6.41. The monoisotopic (exact) mass is 359 g/mol. The molecule has 1 fully saturated rings. The van der Waals surface area contributed by atoms with E-state index in [9.17, 15) is 0 Å². The van der Waals surface area contributed by atoms with E-state index in [-0.39, 0.29) is 6.29 Å². The summed E-state index contributed by atoms with van der Waals surface area (Å²) in [6, 6.07) is 20.8. The van der Waals surface area contributed by atoms with Gasteiger partial charge in [-0.15, -0.1) is 0 Å². The van der Waals surface area contributed by atoms with Gasteiger partial charge in [0.25, 0.3) is 0 Å². The molecule has 1 saturated heterocycles. The molecule has 0 bridgehead atoms. The minimum Gasteiger partial charge on any atom is -0.452 e. The highest BCUT2D eigenvalue weighted by atomic mass is 16.7. The van der Waals surface area contributed by atoms with E-state index in [4.69, 9.17) is 14.2 Å². The lowest BCUT2D eigenvalue weighted by Crippen LogP contribution is -2.19. The van der Waals surface area contributed by atoms with Crippen LogP contribution in [0.5, 0.6) is 11.5 Å². The average Bonchev–Trinajstić information content (AvgIpc) is 3.22. The van der Waals surface area contributed by atoms with Gasteiger partial charge < -0.3 is 19.1 Å². The number of para-hydroxylation sites is 3. The maximum absolute atomic E-state index is 6.35. The molecule has 0 aliphatic carbocycles. The van der Waals surface area contributed by atoms with Crippen molar-refractivity contribution < 1.29 is 14.2 Å². The summed E-state index contributed by atoms with van der Waals surface area (Å²) in [7, 11) is 0. The molecule has 2 aliphatic heterocycles. The zero-order valence-corrected chi connectivity index (χ0v) is 15.4. The van der Waals surface area contributed by atoms with E-state index >= 15 is 0 Å². The van der Waals surface area contributed by atoms with Crippen molar-refractivity contribution in [1.29, 1.82) is 0 Å². The molecule has 0 unspecified atom stereocenters. The summed E-state index contributed by atoms with van der Waals surface area (Å²) < 4.78 is 18.0. The normalized spacial score (nSPS) is 16.0. The van der Waals surface area contributed by atoms with Gasteiger partial charge in [-0.05, 0) is 43.2 Å². The van der Waals surface area contributed by atoms with E-state index in [1.165, 1.54) is 0 Å². The number of anilines is 3. The van der Waals surface area contributed by atoms with Crippen LogP contribution < -0.4 is 9.64 Å². The predicted molar refractivity (Wildman–Crippen MR) is 105 cm³/mol. The topological polar surface area (TPSA) is 30.9 Å². The minimum absolute atomic E-state index is 0.342. The van der Waals surface area contributed by atoms with Gasteiger partial charge in [-0.25, -0.2) is 0 Å². The number of rotatable bonds is 2. The van der Waals surface area contributed by atoms with Crippen molar-refractivity contribution in [3.05, 3.63) is 77.4 Å². The number of hydrogen-bond acceptors (Lipinski definition) is 4. The Morgan fingerprint density at radius 1 is 0.704 bits per heavy atom. The Balaban J connectivity index is 1.76. The molecular formula is C23H21NO3. The van der Waals surface area contributed by atoms with Gasteiger partial charge in [-0.3, -0.25) is 0 Å². The summed E-state index contributed by atoms with van der Waals surface area (Å²) in [5, 5.41) is 0. The summed E-state index contributed by atoms with van der Waals surface area (Å²) >= 11 is 0. The molecule has 0 amide bonds. The Morgan fingerprint density at radius 2 is 1.26 bits per heavy atom. The highest BCUT2D eigenvalue weighted by molar-refractivity contribution is 5.88. The molecule has 5 rings (SSSR count). The van der Waals surface area contributed by atoms with Crippen molar-refractivity contribution in [2.45, 2.75) is 20.1 Å².